The number of rotatable bonds is 4. The van der Waals surface area contributed by atoms with E-state index in [4.69, 9.17) is 0 Å². The maximum atomic E-state index is 12.8. The average Bonchev–Trinajstić information content (AvgIpc) is 2.96. The van der Waals surface area contributed by atoms with Crippen LogP contribution in [-0.2, 0) is 4.79 Å². The lowest BCUT2D eigenvalue weighted by Crippen LogP contribution is -2.48. The van der Waals surface area contributed by atoms with Crippen LogP contribution in [0.25, 0.3) is 5.69 Å². The molecular weight excluding hydrogens is 344 g/mol. The lowest BCUT2D eigenvalue weighted by atomic mass is 9.98. The second-order valence-electron chi connectivity index (χ2n) is 7.35. The molecule has 1 aromatic carbocycles. The standard InChI is InChI=1S/C20H28N4OS/c1-13-9-10-18(11-14(13)2)24-17(5)21-22-20(24)26-12-19(25)23-15(3)7-6-8-16(23)4/h9-11,15-16H,6-8,12H2,1-5H3/t15-,16+. The molecule has 1 fully saturated rings. The number of nitrogens with zero attached hydrogens (tertiary/aromatic N) is 4. The van der Waals surface area contributed by atoms with Crippen LogP contribution in [0, 0.1) is 20.8 Å². The third-order valence-corrected chi connectivity index (χ3v) is 6.26. The second kappa shape index (κ2) is 7.82. The SMILES string of the molecule is Cc1ccc(-n2c(C)nnc2SCC(=O)N2[C@H](C)CCC[C@@H]2C)cc1C. The summed E-state index contributed by atoms with van der Waals surface area (Å²) < 4.78 is 2.04. The fraction of sp³-hybridized carbons (Fsp3) is 0.550. The van der Waals surface area contributed by atoms with Crippen molar-refractivity contribution >= 4 is 17.7 Å². The highest BCUT2D eigenvalue weighted by molar-refractivity contribution is 7.99. The number of hydrogen-bond acceptors (Lipinski definition) is 4. The van der Waals surface area contributed by atoms with Gasteiger partial charge in [-0.1, -0.05) is 17.8 Å². The maximum Gasteiger partial charge on any atom is 0.233 e. The van der Waals surface area contributed by atoms with Crippen molar-refractivity contribution in [3.05, 3.63) is 35.2 Å². The number of amides is 1. The number of aryl methyl sites for hydroxylation is 3. The molecule has 0 N–H and O–H groups in total. The first-order valence-electron chi connectivity index (χ1n) is 9.32. The van der Waals surface area contributed by atoms with Gasteiger partial charge in [-0.25, -0.2) is 0 Å². The van der Waals surface area contributed by atoms with E-state index in [2.05, 4.69) is 61.0 Å². The van der Waals surface area contributed by atoms with Crippen LogP contribution in [0.3, 0.4) is 0 Å². The first kappa shape index (κ1) is 19.0. The Kier molecular flexibility index (Phi) is 5.70. The van der Waals surface area contributed by atoms with E-state index in [1.165, 1.54) is 29.3 Å². The van der Waals surface area contributed by atoms with Gasteiger partial charge in [-0.2, -0.15) is 0 Å². The Morgan fingerprint density at radius 2 is 1.81 bits per heavy atom. The molecule has 0 spiro atoms. The molecule has 1 saturated heterocycles. The molecule has 1 aliphatic heterocycles. The Hall–Kier alpha value is -1.82. The van der Waals surface area contributed by atoms with Gasteiger partial charge in [0.1, 0.15) is 5.82 Å². The Bertz CT molecular complexity index is 791. The van der Waals surface area contributed by atoms with Crippen molar-refractivity contribution in [3.63, 3.8) is 0 Å². The highest BCUT2D eigenvalue weighted by Gasteiger charge is 2.29. The van der Waals surface area contributed by atoms with Gasteiger partial charge in [0.15, 0.2) is 5.16 Å². The summed E-state index contributed by atoms with van der Waals surface area (Å²) in [4.78, 5) is 14.8. The Labute approximate surface area is 160 Å². The average molecular weight is 373 g/mol. The molecule has 2 aromatic rings. The van der Waals surface area contributed by atoms with E-state index < -0.39 is 0 Å². The summed E-state index contributed by atoms with van der Waals surface area (Å²) >= 11 is 1.48. The fourth-order valence-electron chi connectivity index (χ4n) is 3.71. The number of carbonyl (C=O) groups is 1. The molecule has 1 amide bonds. The van der Waals surface area contributed by atoms with Crippen molar-refractivity contribution in [2.24, 2.45) is 0 Å². The highest BCUT2D eigenvalue weighted by atomic mass is 32.2. The van der Waals surface area contributed by atoms with Crippen LogP contribution in [0.15, 0.2) is 23.4 Å². The lowest BCUT2D eigenvalue weighted by Gasteiger charge is -2.39. The molecule has 0 unspecified atom stereocenters. The zero-order chi connectivity index (χ0) is 18.8. The molecule has 2 atom stereocenters. The molecule has 140 valence electrons. The minimum absolute atomic E-state index is 0.196. The van der Waals surface area contributed by atoms with Crippen molar-refractivity contribution in [2.75, 3.05) is 5.75 Å². The Morgan fingerprint density at radius 3 is 2.46 bits per heavy atom. The number of thioether (sulfide) groups is 1. The lowest BCUT2D eigenvalue weighted by molar-refractivity contribution is -0.134. The van der Waals surface area contributed by atoms with E-state index in [1.807, 2.05) is 11.5 Å². The molecule has 6 heteroatoms. The molecule has 0 saturated carbocycles. The van der Waals surface area contributed by atoms with E-state index in [9.17, 15) is 4.79 Å². The third-order valence-electron chi connectivity index (χ3n) is 5.35. The Balaban J connectivity index is 1.77. The molecule has 0 bridgehead atoms. The van der Waals surface area contributed by atoms with Gasteiger partial charge in [0.25, 0.3) is 0 Å². The van der Waals surface area contributed by atoms with Gasteiger partial charge in [0.05, 0.1) is 5.75 Å². The number of aromatic nitrogens is 3. The van der Waals surface area contributed by atoms with Gasteiger partial charge >= 0.3 is 0 Å². The van der Waals surface area contributed by atoms with Crippen LogP contribution < -0.4 is 0 Å². The van der Waals surface area contributed by atoms with E-state index in [0.29, 0.717) is 17.8 Å². The van der Waals surface area contributed by atoms with Gasteiger partial charge in [-0.15, -0.1) is 10.2 Å². The predicted molar refractivity (Wildman–Crippen MR) is 106 cm³/mol. The number of benzene rings is 1. The molecular formula is C20H28N4OS. The largest absolute Gasteiger partial charge is 0.337 e. The third kappa shape index (κ3) is 3.80. The van der Waals surface area contributed by atoms with E-state index >= 15 is 0 Å². The topological polar surface area (TPSA) is 51.0 Å². The summed E-state index contributed by atoms with van der Waals surface area (Å²) in [5.74, 6) is 1.43. The maximum absolute atomic E-state index is 12.8. The molecule has 0 radical (unpaired) electrons. The number of hydrogen-bond donors (Lipinski definition) is 0. The number of likely N-dealkylation sites (tertiary alicyclic amines) is 1. The summed E-state index contributed by atoms with van der Waals surface area (Å²) in [5, 5.41) is 9.31. The summed E-state index contributed by atoms with van der Waals surface area (Å²) in [6, 6.07) is 6.99. The molecule has 2 heterocycles. The van der Waals surface area contributed by atoms with Crippen LogP contribution in [0.5, 0.6) is 0 Å². The van der Waals surface area contributed by atoms with E-state index in [0.717, 1.165) is 29.5 Å². The Morgan fingerprint density at radius 1 is 1.12 bits per heavy atom. The molecule has 5 nitrogen and oxygen atoms in total. The first-order chi connectivity index (χ1) is 12.4. The van der Waals surface area contributed by atoms with Crippen LogP contribution in [-0.4, -0.2) is 43.4 Å². The van der Waals surface area contributed by atoms with Crippen LogP contribution >= 0.6 is 11.8 Å². The van der Waals surface area contributed by atoms with Crippen LogP contribution in [0.2, 0.25) is 0 Å². The van der Waals surface area contributed by atoms with Crippen LogP contribution in [0.4, 0.5) is 0 Å². The minimum atomic E-state index is 0.196. The van der Waals surface area contributed by atoms with Gasteiger partial charge < -0.3 is 4.90 Å². The summed E-state index contributed by atoms with van der Waals surface area (Å²) in [5.41, 5.74) is 3.54. The summed E-state index contributed by atoms with van der Waals surface area (Å²) in [7, 11) is 0. The van der Waals surface area contributed by atoms with Gasteiger partial charge in [-0.3, -0.25) is 9.36 Å². The molecule has 3 rings (SSSR count). The zero-order valence-electron chi connectivity index (χ0n) is 16.3. The zero-order valence-corrected chi connectivity index (χ0v) is 17.1. The van der Waals surface area contributed by atoms with E-state index in [1.54, 1.807) is 0 Å². The van der Waals surface area contributed by atoms with Crippen molar-refractivity contribution in [1.82, 2.24) is 19.7 Å². The van der Waals surface area contributed by atoms with Gasteiger partial charge in [-0.05, 0) is 77.1 Å². The van der Waals surface area contributed by atoms with Crippen molar-refractivity contribution in [1.29, 1.82) is 0 Å². The smallest absolute Gasteiger partial charge is 0.233 e. The number of carbonyl (C=O) groups excluding carboxylic acids is 1. The molecule has 1 aromatic heterocycles. The molecule has 26 heavy (non-hydrogen) atoms. The van der Waals surface area contributed by atoms with Crippen molar-refractivity contribution < 1.29 is 4.79 Å². The van der Waals surface area contributed by atoms with Crippen molar-refractivity contribution in [3.8, 4) is 5.69 Å². The van der Waals surface area contributed by atoms with Gasteiger partial charge in [0.2, 0.25) is 5.91 Å². The monoisotopic (exact) mass is 372 g/mol. The highest BCUT2D eigenvalue weighted by Crippen LogP contribution is 2.27. The summed E-state index contributed by atoms with van der Waals surface area (Å²) in [6.45, 7) is 10.5. The second-order valence-corrected chi connectivity index (χ2v) is 8.29. The quantitative estimate of drug-likeness (QED) is 0.759. The minimum Gasteiger partial charge on any atom is -0.337 e. The van der Waals surface area contributed by atoms with E-state index in [-0.39, 0.29) is 5.91 Å². The van der Waals surface area contributed by atoms with Crippen LogP contribution in [0.1, 0.15) is 50.1 Å². The van der Waals surface area contributed by atoms with Gasteiger partial charge in [0, 0.05) is 17.8 Å². The molecule has 1 aliphatic rings. The summed E-state index contributed by atoms with van der Waals surface area (Å²) in [6.07, 6.45) is 3.40. The number of piperidine rings is 1. The predicted octanol–water partition coefficient (Wildman–Crippen LogP) is 4.07. The normalized spacial score (nSPS) is 20.4. The van der Waals surface area contributed by atoms with Crippen molar-refractivity contribution in [2.45, 2.75) is 71.1 Å². The first-order valence-corrected chi connectivity index (χ1v) is 10.3. The fourth-order valence-corrected chi connectivity index (χ4v) is 4.58. The molecule has 0 aliphatic carbocycles.